The second kappa shape index (κ2) is 7.52. The molecule has 2 aromatic carbocycles. The number of halogens is 2. The van der Waals surface area contributed by atoms with Crippen LogP contribution in [0.4, 0.5) is 10.1 Å². The Balaban J connectivity index is 1.54. The fourth-order valence-corrected chi connectivity index (χ4v) is 3.35. The number of nitrogens with zero attached hydrogens (tertiary/aromatic N) is 3. The number of nitrogens with one attached hydrogen (secondary N) is 1. The third-order valence-corrected chi connectivity index (χ3v) is 4.91. The molecule has 0 atom stereocenters. The number of carbonyl (C=O) groups excluding carboxylic acids is 1. The highest BCUT2D eigenvalue weighted by Crippen LogP contribution is 2.22. The van der Waals surface area contributed by atoms with Gasteiger partial charge in [-0.2, -0.15) is 0 Å². The Kier molecular flexibility index (Phi) is 4.92. The van der Waals surface area contributed by atoms with Crippen LogP contribution >= 0.6 is 15.9 Å². The summed E-state index contributed by atoms with van der Waals surface area (Å²) in [6, 6.07) is 11.9. The molecule has 5 nitrogen and oxygen atoms in total. The normalized spacial score (nSPS) is 11.0. The number of aryl methyl sites for hydroxylation is 1. The molecule has 1 N–H and O–H groups in total. The van der Waals surface area contributed by atoms with Crippen molar-refractivity contribution < 1.29 is 9.18 Å². The molecule has 4 rings (SSSR count). The van der Waals surface area contributed by atoms with Crippen LogP contribution in [0.2, 0.25) is 0 Å². The molecule has 0 spiro atoms. The number of benzene rings is 2. The summed E-state index contributed by atoms with van der Waals surface area (Å²) in [5, 5.41) is 2.86. The first-order valence-electron chi connectivity index (χ1n) is 8.61. The summed E-state index contributed by atoms with van der Waals surface area (Å²) in [5.74, 6) is -0.545. The standard InChI is InChI=1S/C21H16BrFN4O/c1-27-7-6-14(12-27)20-11-24-18-5-3-15(10-19(18)26-20)25-21(28)9-13-2-4-17(23)16(22)8-13/h2-8,10-12H,9H2,1H3,(H,25,28). The quantitative estimate of drug-likeness (QED) is 0.501. The van der Waals surface area contributed by atoms with Gasteiger partial charge in [-0.05, 0) is 57.9 Å². The van der Waals surface area contributed by atoms with Gasteiger partial charge in [0.25, 0.3) is 0 Å². The minimum atomic E-state index is -0.355. The predicted molar refractivity (Wildman–Crippen MR) is 110 cm³/mol. The molecule has 7 heteroatoms. The van der Waals surface area contributed by atoms with Crippen molar-refractivity contribution in [3.8, 4) is 11.3 Å². The lowest BCUT2D eigenvalue weighted by molar-refractivity contribution is -0.115. The summed E-state index contributed by atoms with van der Waals surface area (Å²) in [5.41, 5.74) is 4.56. The smallest absolute Gasteiger partial charge is 0.228 e. The zero-order valence-corrected chi connectivity index (χ0v) is 16.6. The lowest BCUT2D eigenvalue weighted by atomic mass is 10.1. The second-order valence-electron chi connectivity index (χ2n) is 6.50. The van der Waals surface area contributed by atoms with Gasteiger partial charge in [0.2, 0.25) is 5.91 Å². The molecular formula is C21H16BrFN4O. The Morgan fingerprint density at radius 2 is 2.04 bits per heavy atom. The van der Waals surface area contributed by atoms with Crippen LogP contribution in [0.5, 0.6) is 0 Å². The van der Waals surface area contributed by atoms with Gasteiger partial charge in [0, 0.05) is 30.7 Å². The first-order valence-corrected chi connectivity index (χ1v) is 9.40. The van der Waals surface area contributed by atoms with Crippen LogP contribution in [0.1, 0.15) is 5.56 Å². The van der Waals surface area contributed by atoms with Crippen molar-refractivity contribution in [2.24, 2.45) is 7.05 Å². The zero-order valence-electron chi connectivity index (χ0n) is 15.0. The molecule has 0 fully saturated rings. The van der Waals surface area contributed by atoms with Gasteiger partial charge in [-0.25, -0.2) is 9.37 Å². The van der Waals surface area contributed by atoms with E-state index in [4.69, 9.17) is 0 Å². The van der Waals surface area contributed by atoms with Gasteiger partial charge in [0.15, 0.2) is 0 Å². The maximum absolute atomic E-state index is 13.3. The third-order valence-electron chi connectivity index (χ3n) is 4.30. The van der Waals surface area contributed by atoms with E-state index in [0.717, 1.165) is 22.3 Å². The second-order valence-corrected chi connectivity index (χ2v) is 7.35. The topological polar surface area (TPSA) is 59.8 Å². The number of rotatable bonds is 4. The van der Waals surface area contributed by atoms with E-state index in [9.17, 15) is 9.18 Å². The van der Waals surface area contributed by atoms with Gasteiger partial charge in [-0.15, -0.1) is 0 Å². The number of carbonyl (C=O) groups is 1. The molecule has 0 saturated heterocycles. The van der Waals surface area contributed by atoms with Gasteiger partial charge < -0.3 is 9.88 Å². The summed E-state index contributed by atoms with van der Waals surface area (Å²) in [4.78, 5) is 21.5. The molecule has 140 valence electrons. The summed E-state index contributed by atoms with van der Waals surface area (Å²) in [6.07, 6.45) is 5.81. The van der Waals surface area contributed by atoms with E-state index >= 15 is 0 Å². The Labute approximate surface area is 169 Å². The number of hydrogen-bond acceptors (Lipinski definition) is 3. The molecule has 0 aliphatic carbocycles. The van der Waals surface area contributed by atoms with Gasteiger partial charge in [-0.3, -0.25) is 9.78 Å². The molecule has 2 aromatic heterocycles. The van der Waals surface area contributed by atoms with Crippen LogP contribution < -0.4 is 5.32 Å². The number of amides is 1. The van der Waals surface area contributed by atoms with E-state index in [1.165, 1.54) is 6.07 Å². The Hall–Kier alpha value is -3.06. The summed E-state index contributed by atoms with van der Waals surface area (Å²) in [7, 11) is 1.95. The van der Waals surface area contributed by atoms with E-state index in [0.29, 0.717) is 15.7 Å². The highest BCUT2D eigenvalue weighted by atomic mass is 79.9. The predicted octanol–water partition coefficient (Wildman–Crippen LogP) is 4.72. The molecule has 4 aromatic rings. The van der Waals surface area contributed by atoms with E-state index < -0.39 is 0 Å². The molecule has 0 bridgehead atoms. The monoisotopic (exact) mass is 438 g/mol. The van der Waals surface area contributed by atoms with Crippen molar-refractivity contribution in [2.45, 2.75) is 6.42 Å². The van der Waals surface area contributed by atoms with E-state index in [2.05, 4.69) is 31.2 Å². The van der Waals surface area contributed by atoms with Crippen LogP contribution in [-0.2, 0) is 18.3 Å². The van der Waals surface area contributed by atoms with Crippen LogP contribution in [0.25, 0.3) is 22.3 Å². The van der Waals surface area contributed by atoms with Gasteiger partial charge in [0.1, 0.15) is 5.82 Å². The Morgan fingerprint density at radius 3 is 2.79 bits per heavy atom. The average Bonchev–Trinajstić information content (AvgIpc) is 3.10. The molecule has 28 heavy (non-hydrogen) atoms. The van der Waals surface area contributed by atoms with E-state index in [-0.39, 0.29) is 18.1 Å². The number of hydrogen-bond donors (Lipinski definition) is 1. The molecule has 0 aliphatic heterocycles. The number of anilines is 1. The summed E-state index contributed by atoms with van der Waals surface area (Å²) in [6.45, 7) is 0. The molecule has 0 saturated carbocycles. The fraction of sp³-hybridized carbons (Fsp3) is 0.0952. The molecule has 0 aliphatic rings. The summed E-state index contributed by atoms with van der Waals surface area (Å²) < 4.78 is 15.6. The van der Waals surface area contributed by atoms with Gasteiger partial charge in [0.05, 0.1) is 33.8 Å². The maximum atomic E-state index is 13.3. The first-order chi connectivity index (χ1) is 13.5. The highest BCUT2D eigenvalue weighted by Gasteiger charge is 2.09. The average molecular weight is 439 g/mol. The van der Waals surface area contributed by atoms with Crippen molar-refractivity contribution in [2.75, 3.05) is 5.32 Å². The molecular weight excluding hydrogens is 423 g/mol. The minimum absolute atomic E-state index is 0.145. The van der Waals surface area contributed by atoms with E-state index in [1.807, 2.05) is 36.1 Å². The fourth-order valence-electron chi connectivity index (χ4n) is 2.92. The van der Waals surface area contributed by atoms with E-state index in [1.54, 1.807) is 30.5 Å². The van der Waals surface area contributed by atoms with Crippen molar-refractivity contribution in [1.82, 2.24) is 14.5 Å². The lowest BCUT2D eigenvalue weighted by Gasteiger charge is -2.07. The highest BCUT2D eigenvalue weighted by molar-refractivity contribution is 9.10. The van der Waals surface area contributed by atoms with Crippen LogP contribution in [-0.4, -0.2) is 20.4 Å². The van der Waals surface area contributed by atoms with Crippen LogP contribution in [0.3, 0.4) is 0 Å². The Morgan fingerprint density at radius 1 is 1.18 bits per heavy atom. The first kappa shape index (κ1) is 18.3. The van der Waals surface area contributed by atoms with Crippen LogP contribution in [0, 0.1) is 5.82 Å². The SMILES string of the molecule is Cn1ccc(-c2cnc3ccc(NC(=O)Cc4ccc(F)c(Br)c4)cc3n2)c1. The number of aromatic nitrogens is 3. The molecule has 0 unspecified atom stereocenters. The molecule has 0 radical (unpaired) electrons. The van der Waals surface area contributed by atoms with Gasteiger partial charge >= 0.3 is 0 Å². The third kappa shape index (κ3) is 3.94. The lowest BCUT2D eigenvalue weighted by Crippen LogP contribution is -2.14. The maximum Gasteiger partial charge on any atom is 0.228 e. The van der Waals surface area contributed by atoms with Crippen molar-refractivity contribution in [3.05, 3.63) is 76.9 Å². The van der Waals surface area contributed by atoms with Crippen molar-refractivity contribution in [1.29, 1.82) is 0 Å². The van der Waals surface area contributed by atoms with Crippen LogP contribution in [0.15, 0.2) is 65.5 Å². The largest absolute Gasteiger partial charge is 0.357 e. The molecule has 1 amide bonds. The van der Waals surface area contributed by atoms with Gasteiger partial charge in [-0.1, -0.05) is 6.07 Å². The summed E-state index contributed by atoms with van der Waals surface area (Å²) >= 11 is 3.13. The van der Waals surface area contributed by atoms with Crippen molar-refractivity contribution >= 4 is 38.6 Å². The number of fused-ring (bicyclic) bond motifs is 1. The van der Waals surface area contributed by atoms with Crippen molar-refractivity contribution in [3.63, 3.8) is 0 Å². The Bertz CT molecular complexity index is 1190. The minimum Gasteiger partial charge on any atom is -0.357 e. The zero-order chi connectivity index (χ0) is 19.7. The molecule has 2 heterocycles.